The Kier molecular flexibility index (Phi) is 5.21. The van der Waals surface area contributed by atoms with Gasteiger partial charge in [0.25, 0.3) is 11.8 Å². The lowest BCUT2D eigenvalue weighted by Crippen LogP contribution is -2.41. The van der Waals surface area contributed by atoms with Crippen LogP contribution in [0, 0.1) is 19.8 Å². The zero-order valence-corrected chi connectivity index (χ0v) is 16.4. The summed E-state index contributed by atoms with van der Waals surface area (Å²) in [4.78, 5) is 27.1. The van der Waals surface area contributed by atoms with E-state index in [0.717, 1.165) is 30.8 Å². The molecule has 2 amide bonds. The molecule has 0 radical (unpaired) electrons. The third kappa shape index (κ3) is 3.69. The van der Waals surface area contributed by atoms with E-state index in [9.17, 15) is 9.59 Å². The summed E-state index contributed by atoms with van der Waals surface area (Å²) in [6, 6.07) is 1.76. The Bertz CT molecular complexity index is 879. The van der Waals surface area contributed by atoms with Gasteiger partial charge in [-0.3, -0.25) is 14.3 Å². The summed E-state index contributed by atoms with van der Waals surface area (Å²) in [5, 5.41) is 7.42. The molecule has 1 unspecified atom stereocenters. The van der Waals surface area contributed by atoms with Gasteiger partial charge in [-0.05, 0) is 38.7 Å². The second kappa shape index (κ2) is 7.79. The number of fused-ring (bicyclic) bond motifs is 1. The molecule has 0 bridgehead atoms. The zero-order chi connectivity index (χ0) is 19.7. The Hall–Kier alpha value is -2.61. The van der Waals surface area contributed by atoms with E-state index in [0.29, 0.717) is 49.7 Å². The van der Waals surface area contributed by atoms with E-state index in [1.807, 2.05) is 16.5 Å². The van der Waals surface area contributed by atoms with E-state index in [2.05, 4.69) is 10.4 Å². The lowest BCUT2D eigenvalue weighted by atomic mass is 9.94. The first-order chi connectivity index (χ1) is 13.5. The molecule has 150 valence electrons. The van der Waals surface area contributed by atoms with Gasteiger partial charge in [0.15, 0.2) is 0 Å². The van der Waals surface area contributed by atoms with Gasteiger partial charge in [0.1, 0.15) is 11.5 Å². The van der Waals surface area contributed by atoms with Crippen LogP contribution >= 0.6 is 0 Å². The molecule has 0 aromatic carbocycles. The van der Waals surface area contributed by atoms with Crippen molar-refractivity contribution in [1.82, 2.24) is 20.0 Å². The number of morpholine rings is 1. The first kappa shape index (κ1) is 18.7. The third-order valence-electron chi connectivity index (χ3n) is 5.55. The summed E-state index contributed by atoms with van der Waals surface area (Å²) in [6.45, 7) is 7.35. The molecule has 28 heavy (non-hydrogen) atoms. The van der Waals surface area contributed by atoms with E-state index in [1.165, 1.54) is 0 Å². The van der Waals surface area contributed by atoms with Crippen molar-refractivity contribution in [2.75, 3.05) is 32.8 Å². The summed E-state index contributed by atoms with van der Waals surface area (Å²) in [5.41, 5.74) is 2.23. The Balaban J connectivity index is 1.40. The van der Waals surface area contributed by atoms with Gasteiger partial charge in [-0.1, -0.05) is 0 Å². The molecule has 2 aromatic rings. The number of amides is 2. The van der Waals surface area contributed by atoms with E-state index in [4.69, 9.17) is 9.15 Å². The van der Waals surface area contributed by atoms with Crippen LogP contribution in [0.25, 0.3) is 0 Å². The van der Waals surface area contributed by atoms with Gasteiger partial charge in [-0.2, -0.15) is 5.10 Å². The number of aryl methyl sites for hydroxylation is 3. The van der Waals surface area contributed by atoms with Crippen LogP contribution < -0.4 is 5.32 Å². The highest BCUT2D eigenvalue weighted by Crippen LogP contribution is 2.24. The number of carbonyl (C=O) groups is 2. The molecular weight excluding hydrogens is 360 g/mol. The van der Waals surface area contributed by atoms with Crippen molar-refractivity contribution in [3.63, 3.8) is 0 Å². The molecule has 2 aliphatic heterocycles. The predicted octanol–water partition coefficient (Wildman–Crippen LogP) is 1.56. The molecule has 4 rings (SSSR count). The van der Waals surface area contributed by atoms with Crippen LogP contribution in [-0.2, 0) is 17.7 Å². The molecule has 2 aliphatic rings. The lowest BCUT2D eigenvalue weighted by molar-refractivity contribution is 0.0301. The van der Waals surface area contributed by atoms with Crippen LogP contribution in [0.5, 0.6) is 0 Å². The van der Waals surface area contributed by atoms with Crippen molar-refractivity contribution in [2.45, 2.75) is 33.2 Å². The highest BCUT2D eigenvalue weighted by molar-refractivity contribution is 5.96. The molecule has 2 aromatic heterocycles. The van der Waals surface area contributed by atoms with Gasteiger partial charge in [0.05, 0.1) is 36.2 Å². The van der Waals surface area contributed by atoms with Crippen LogP contribution in [0.4, 0.5) is 0 Å². The smallest absolute Gasteiger partial charge is 0.257 e. The molecular formula is C20H26N4O4. The van der Waals surface area contributed by atoms with Gasteiger partial charge >= 0.3 is 0 Å². The Morgan fingerprint density at radius 2 is 2.00 bits per heavy atom. The fourth-order valence-corrected chi connectivity index (χ4v) is 3.98. The normalized spacial score (nSPS) is 19.4. The highest BCUT2D eigenvalue weighted by Gasteiger charge is 2.28. The van der Waals surface area contributed by atoms with E-state index >= 15 is 0 Å². The largest absolute Gasteiger partial charge is 0.466 e. The topological polar surface area (TPSA) is 89.6 Å². The molecule has 0 spiro atoms. The first-order valence-electron chi connectivity index (χ1n) is 9.80. The highest BCUT2D eigenvalue weighted by atomic mass is 16.5. The molecule has 4 heterocycles. The summed E-state index contributed by atoms with van der Waals surface area (Å²) in [5.74, 6) is 1.56. The van der Waals surface area contributed by atoms with Crippen LogP contribution in [0.3, 0.4) is 0 Å². The average molecular weight is 386 g/mol. The number of nitrogens with zero attached hydrogens (tertiary/aromatic N) is 3. The first-order valence-corrected chi connectivity index (χ1v) is 9.80. The average Bonchev–Trinajstić information content (AvgIpc) is 3.28. The summed E-state index contributed by atoms with van der Waals surface area (Å²) >= 11 is 0. The van der Waals surface area contributed by atoms with Crippen molar-refractivity contribution in [3.8, 4) is 0 Å². The molecule has 0 saturated carbocycles. The van der Waals surface area contributed by atoms with Gasteiger partial charge in [0, 0.05) is 26.2 Å². The minimum absolute atomic E-state index is 0.0266. The van der Waals surface area contributed by atoms with Crippen LogP contribution in [0.2, 0.25) is 0 Å². The zero-order valence-electron chi connectivity index (χ0n) is 16.4. The van der Waals surface area contributed by atoms with Gasteiger partial charge < -0.3 is 19.4 Å². The maximum atomic E-state index is 12.9. The molecule has 8 nitrogen and oxygen atoms in total. The van der Waals surface area contributed by atoms with E-state index in [-0.39, 0.29) is 17.7 Å². The molecule has 0 aliphatic carbocycles. The number of nitrogens with one attached hydrogen (secondary N) is 1. The molecule has 1 saturated heterocycles. The molecule has 1 atom stereocenters. The number of furan rings is 1. The summed E-state index contributed by atoms with van der Waals surface area (Å²) in [6.07, 6.45) is 3.34. The quantitative estimate of drug-likeness (QED) is 0.861. The SMILES string of the molecule is Cc1cc(C(=O)NCC2CCn3ncc(C(=O)N4CCOCC4)c3C2)c(C)o1. The van der Waals surface area contributed by atoms with Gasteiger partial charge in [-0.25, -0.2) is 0 Å². The number of ether oxygens (including phenoxy) is 1. The maximum Gasteiger partial charge on any atom is 0.257 e. The second-order valence-corrected chi connectivity index (χ2v) is 7.53. The Morgan fingerprint density at radius 3 is 2.71 bits per heavy atom. The van der Waals surface area contributed by atoms with Crippen molar-refractivity contribution in [1.29, 1.82) is 0 Å². The number of hydrogen-bond donors (Lipinski definition) is 1. The third-order valence-corrected chi connectivity index (χ3v) is 5.55. The number of rotatable bonds is 4. The van der Waals surface area contributed by atoms with Crippen LogP contribution in [-0.4, -0.2) is 59.3 Å². The van der Waals surface area contributed by atoms with E-state index < -0.39 is 0 Å². The fraction of sp³-hybridized carbons (Fsp3) is 0.550. The van der Waals surface area contributed by atoms with Gasteiger partial charge in [0.2, 0.25) is 0 Å². The maximum absolute atomic E-state index is 12.9. The Morgan fingerprint density at radius 1 is 1.21 bits per heavy atom. The van der Waals surface area contributed by atoms with Gasteiger partial charge in [-0.15, -0.1) is 0 Å². The van der Waals surface area contributed by atoms with Crippen molar-refractivity contribution >= 4 is 11.8 Å². The van der Waals surface area contributed by atoms with Crippen LogP contribution in [0.15, 0.2) is 16.7 Å². The lowest BCUT2D eigenvalue weighted by Gasteiger charge is -2.28. The number of hydrogen-bond acceptors (Lipinski definition) is 5. The monoisotopic (exact) mass is 386 g/mol. The standard InChI is InChI=1S/C20H26N4O4/c1-13-9-16(14(2)28-13)19(25)21-11-15-3-4-24-18(10-15)17(12-22-24)20(26)23-5-7-27-8-6-23/h9,12,15H,3-8,10-11H2,1-2H3,(H,21,25). The summed E-state index contributed by atoms with van der Waals surface area (Å²) in [7, 11) is 0. The number of aromatic nitrogens is 2. The number of carbonyl (C=O) groups excluding carboxylic acids is 2. The van der Waals surface area contributed by atoms with Crippen LogP contribution in [0.1, 0.15) is 44.4 Å². The predicted molar refractivity (Wildman–Crippen MR) is 101 cm³/mol. The van der Waals surface area contributed by atoms with Crippen molar-refractivity contribution < 1.29 is 18.7 Å². The Labute approximate surface area is 163 Å². The second-order valence-electron chi connectivity index (χ2n) is 7.53. The van der Waals surface area contributed by atoms with Crippen molar-refractivity contribution in [2.24, 2.45) is 5.92 Å². The molecule has 1 fully saturated rings. The van der Waals surface area contributed by atoms with E-state index in [1.54, 1.807) is 19.2 Å². The fourth-order valence-electron chi connectivity index (χ4n) is 3.98. The van der Waals surface area contributed by atoms with Crippen molar-refractivity contribution in [3.05, 3.63) is 40.6 Å². The minimum Gasteiger partial charge on any atom is -0.466 e. The molecule has 8 heteroatoms. The minimum atomic E-state index is -0.113. The summed E-state index contributed by atoms with van der Waals surface area (Å²) < 4.78 is 12.7. The molecule has 1 N–H and O–H groups in total.